The van der Waals surface area contributed by atoms with Gasteiger partial charge in [-0.2, -0.15) is 0 Å². The van der Waals surface area contributed by atoms with E-state index in [0.29, 0.717) is 47.8 Å². The largest absolute Gasteiger partial charge is 0.490 e. The van der Waals surface area contributed by atoms with Crippen molar-refractivity contribution in [3.05, 3.63) is 155 Å². The van der Waals surface area contributed by atoms with Crippen LogP contribution >= 0.6 is 22.6 Å². The van der Waals surface area contributed by atoms with E-state index in [1.165, 1.54) is 165 Å². The normalized spacial score (nSPS) is 24.6. The molecule has 100 heavy (non-hydrogen) atoms. The molecule has 19 nitrogen and oxygen atoms in total. The van der Waals surface area contributed by atoms with Gasteiger partial charge in [-0.15, -0.1) is 0 Å². The van der Waals surface area contributed by atoms with Crippen LogP contribution in [0.3, 0.4) is 0 Å². The van der Waals surface area contributed by atoms with Gasteiger partial charge in [-0.05, 0) is 236 Å². The number of halogens is 1. The first kappa shape index (κ1) is 69.5. The molecule has 528 valence electrons. The highest BCUT2D eigenvalue weighted by Crippen LogP contribution is 2.37. The summed E-state index contributed by atoms with van der Waals surface area (Å²) in [7, 11) is 0. The molecule has 9 heterocycles. The Morgan fingerprint density at radius 3 is 1.30 bits per heavy atom. The highest BCUT2D eigenvalue weighted by molar-refractivity contribution is 14.1. The molecule has 8 fully saturated rings. The third-order valence-corrected chi connectivity index (χ3v) is 22.7. The number of nitrogens with two attached hydrogens (primary N) is 1. The summed E-state index contributed by atoms with van der Waals surface area (Å²) in [6, 6.07) is 38.7. The number of nitrogen functional groups attached to an aromatic ring is 1. The number of imidazole rings is 2. The monoisotopic (exact) mass is 1470 g/mol. The van der Waals surface area contributed by atoms with Crippen LogP contribution in [0, 0.1) is 3.57 Å². The van der Waals surface area contributed by atoms with Gasteiger partial charge in [-0.1, -0.05) is 25.7 Å². The number of fused-ring (bicyclic) bond motifs is 2. The minimum atomic E-state index is -0.201. The van der Waals surface area contributed by atoms with Crippen molar-refractivity contribution in [2.45, 2.75) is 197 Å². The van der Waals surface area contributed by atoms with Crippen LogP contribution in [0.25, 0.3) is 33.8 Å². The summed E-state index contributed by atoms with van der Waals surface area (Å²) in [6.45, 7) is 13.2. The van der Waals surface area contributed by atoms with Gasteiger partial charge in [-0.3, -0.25) is 19.6 Å². The van der Waals surface area contributed by atoms with Gasteiger partial charge in [0.1, 0.15) is 59.1 Å². The van der Waals surface area contributed by atoms with Crippen molar-refractivity contribution in [3.63, 3.8) is 0 Å². The van der Waals surface area contributed by atoms with E-state index in [1.54, 1.807) is 43.7 Å². The Labute approximate surface area is 603 Å². The van der Waals surface area contributed by atoms with Crippen LogP contribution in [0.2, 0.25) is 0 Å². The van der Waals surface area contributed by atoms with E-state index in [9.17, 15) is 9.59 Å². The predicted molar refractivity (Wildman–Crippen MR) is 402 cm³/mol. The van der Waals surface area contributed by atoms with Crippen molar-refractivity contribution in [1.82, 2.24) is 54.4 Å². The Bertz CT molecular complexity index is 3870. The van der Waals surface area contributed by atoms with E-state index in [-0.39, 0.29) is 17.9 Å². The van der Waals surface area contributed by atoms with E-state index >= 15 is 0 Å². The van der Waals surface area contributed by atoms with Gasteiger partial charge in [0.2, 0.25) is 5.91 Å². The second-order valence-electron chi connectivity index (χ2n) is 29.0. The number of piperidine rings is 4. The number of H-pyrrole nitrogens is 2. The zero-order valence-corrected chi connectivity index (χ0v) is 60.3. The Kier molecular flexibility index (Phi) is 23.2. The summed E-state index contributed by atoms with van der Waals surface area (Å²) >= 11 is 2.32. The summed E-state index contributed by atoms with van der Waals surface area (Å²) in [4.78, 5) is 60.6. The Morgan fingerprint density at radius 2 is 0.880 bits per heavy atom. The molecule has 0 bridgehead atoms. The third-order valence-electron chi connectivity index (χ3n) is 22.0. The van der Waals surface area contributed by atoms with Gasteiger partial charge >= 0.3 is 0 Å². The number of pyridine rings is 2. The molecule has 20 heteroatoms. The molecule has 4 aliphatic carbocycles. The van der Waals surface area contributed by atoms with Crippen LogP contribution in [0.5, 0.6) is 23.0 Å². The molecule has 0 unspecified atom stereocenters. The zero-order valence-electron chi connectivity index (χ0n) is 58.2. The summed E-state index contributed by atoms with van der Waals surface area (Å²) in [6.07, 6.45) is 34.7. The number of aromatic amines is 2. The van der Waals surface area contributed by atoms with E-state index in [0.717, 1.165) is 125 Å². The van der Waals surface area contributed by atoms with Gasteiger partial charge in [0.05, 0.1) is 52.7 Å². The molecule has 4 saturated carbocycles. The topological polar surface area (TPSA) is 208 Å². The van der Waals surface area contributed by atoms with Crippen molar-refractivity contribution in [3.8, 4) is 45.8 Å². The molecule has 0 spiro atoms. The SMILES string of the molecule is CC(=O)N1CCc2nc(-c3ccc(OC4CC(N5CCCCC5)C4)cc3)[nH]c2C1.Ic1ccc(OC2CC(N3CCCCC3)C2)cc1.Nc1cnccc1NC(=O)c1ccc(OC2CC(N3CCCCC3)C2)cc1.c1cc2nc(-c3ccc(OC4CC(N5CCCCC5)C4)cc3)[nH]c2cn1. The van der Waals surface area contributed by atoms with Crippen LogP contribution in [-0.2, 0) is 17.8 Å². The maximum absolute atomic E-state index is 12.4. The van der Waals surface area contributed by atoms with Crippen molar-refractivity contribution in [2.24, 2.45) is 0 Å². The molecule has 0 radical (unpaired) electrons. The number of carbonyl (C=O) groups is 2. The number of anilines is 2. The van der Waals surface area contributed by atoms with Crippen LogP contribution < -0.4 is 30.0 Å². The molecule has 4 saturated heterocycles. The molecule has 17 rings (SSSR count). The Hall–Kier alpha value is -7.63. The zero-order chi connectivity index (χ0) is 68.2. The number of ether oxygens (including phenoxy) is 4. The number of hydrogen-bond donors (Lipinski definition) is 4. The van der Waals surface area contributed by atoms with Crippen molar-refractivity contribution >= 4 is 56.8 Å². The van der Waals surface area contributed by atoms with Gasteiger partial charge in [-0.25, -0.2) is 9.97 Å². The molecule has 9 aliphatic rings. The molecule has 5 aliphatic heterocycles. The lowest BCUT2D eigenvalue weighted by molar-refractivity contribution is -0.129. The fourth-order valence-corrected chi connectivity index (χ4v) is 16.0. The molecular weight excluding hydrogens is 1370 g/mol. The minimum Gasteiger partial charge on any atom is -0.490 e. The maximum atomic E-state index is 12.4. The third kappa shape index (κ3) is 18.2. The predicted octanol–water partition coefficient (Wildman–Crippen LogP) is 14.4. The average molecular weight is 1470 g/mol. The first-order valence-electron chi connectivity index (χ1n) is 37.3. The quantitative estimate of drug-likeness (QED) is 0.0664. The molecule has 4 aromatic heterocycles. The summed E-state index contributed by atoms with van der Waals surface area (Å²) in [5.41, 5.74) is 13.5. The highest BCUT2D eigenvalue weighted by atomic mass is 127. The lowest BCUT2D eigenvalue weighted by Crippen LogP contribution is -2.50. The van der Waals surface area contributed by atoms with Gasteiger partial charge < -0.3 is 64.5 Å². The van der Waals surface area contributed by atoms with Gasteiger partial charge in [0.15, 0.2) is 0 Å². The first-order valence-corrected chi connectivity index (χ1v) is 38.4. The standard InChI is InChI=1S/C23H30N4O2.C21H26N4O2.C21H24N4O.C15H20INO/c1-16(28)27-12-9-21-22(15-27)25-23(24-21)17-5-7-19(8-6-17)29-20-13-18(14-20)26-10-3-2-4-11-26;22-19-14-23-9-8-20(19)24-21(26)15-4-6-17(7-5-15)27-18-12-16(13-18)25-10-2-1-3-11-25;1-2-10-25(11-3-1)16-12-18(13-16)26-17-6-4-15(5-7-17)21-23-19-8-9-22-14-20(19)24-21;16-12-4-6-14(7-5-12)18-15-10-13(11-15)17-8-2-1-3-9-17/h5-8,18,20H,2-4,9-15H2,1H3,(H,24,25);4-9,14,16,18H,1-3,10-13,22H2,(H,23,24,26);4-9,14,16,18H,1-3,10-13H2,(H,23,24);4-7,13,15H,1-3,8-11H2. The van der Waals surface area contributed by atoms with Crippen LogP contribution in [0.4, 0.5) is 11.4 Å². The number of nitrogens with one attached hydrogen (secondary N) is 3. The number of aromatic nitrogens is 6. The van der Waals surface area contributed by atoms with Crippen LogP contribution in [0.1, 0.15) is 157 Å². The number of rotatable bonds is 16. The Morgan fingerprint density at radius 1 is 0.480 bits per heavy atom. The van der Waals surface area contributed by atoms with Gasteiger partial charge in [0.25, 0.3) is 5.91 Å². The van der Waals surface area contributed by atoms with E-state index in [4.69, 9.17) is 29.7 Å². The molecule has 5 N–H and O–H groups in total. The maximum Gasteiger partial charge on any atom is 0.255 e. The number of hydrogen-bond acceptors (Lipinski definition) is 15. The van der Waals surface area contributed by atoms with Crippen molar-refractivity contribution < 1.29 is 28.5 Å². The highest BCUT2D eigenvalue weighted by Gasteiger charge is 2.39. The van der Waals surface area contributed by atoms with Crippen molar-refractivity contribution in [1.29, 1.82) is 0 Å². The number of benzene rings is 4. The molecule has 2 amide bonds. The second kappa shape index (κ2) is 33.4. The second-order valence-corrected chi connectivity index (χ2v) is 30.2. The minimum absolute atomic E-state index is 0.117. The molecule has 4 aromatic carbocycles. The molecular formula is C80H100IN13O6. The summed E-state index contributed by atoms with van der Waals surface area (Å²) in [5.74, 6) is 5.40. The van der Waals surface area contributed by atoms with E-state index in [2.05, 4.69) is 133 Å². The average Bonchev–Trinajstić information content (AvgIpc) is 1.57. The summed E-state index contributed by atoms with van der Waals surface area (Å²) < 4.78 is 25.7. The number of amides is 2. The summed E-state index contributed by atoms with van der Waals surface area (Å²) in [5, 5.41) is 2.80. The lowest BCUT2D eigenvalue weighted by Gasteiger charge is -2.44. The van der Waals surface area contributed by atoms with Crippen LogP contribution in [-0.4, -0.2) is 174 Å². The Balaban J connectivity index is 0.000000115. The van der Waals surface area contributed by atoms with Crippen molar-refractivity contribution in [2.75, 3.05) is 70.0 Å². The first-order chi connectivity index (χ1) is 49.0. The number of likely N-dealkylation sites (tertiary alicyclic amines) is 4. The smallest absolute Gasteiger partial charge is 0.255 e. The molecule has 0 atom stereocenters. The number of carbonyl (C=O) groups excluding carboxylic acids is 2. The lowest BCUT2D eigenvalue weighted by atomic mass is 9.86. The number of nitrogens with zero attached hydrogens (tertiary/aromatic N) is 9. The van der Waals surface area contributed by atoms with E-state index in [1.807, 2.05) is 35.2 Å². The fraction of sp³-hybridized carbons (Fsp3) is 0.500. The fourth-order valence-electron chi connectivity index (χ4n) is 15.6. The molecule has 8 aromatic rings. The van der Waals surface area contributed by atoms with Gasteiger partial charge in [0, 0.05) is 128 Å². The van der Waals surface area contributed by atoms with E-state index < -0.39 is 0 Å². The van der Waals surface area contributed by atoms with Crippen LogP contribution in [0.15, 0.2) is 134 Å².